The molecule has 0 saturated heterocycles. The topological polar surface area (TPSA) is 145 Å². The van der Waals surface area contributed by atoms with E-state index in [-0.39, 0.29) is 35.5 Å². The minimum atomic E-state index is -3.81. The van der Waals surface area contributed by atoms with Crippen molar-refractivity contribution in [2.45, 2.75) is 79.1 Å². The highest BCUT2D eigenvalue weighted by Crippen LogP contribution is 2.43. The van der Waals surface area contributed by atoms with Gasteiger partial charge in [0.05, 0.1) is 23.5 Å². The number of rotatable bonds is 13. The number of carbonyl (C=O) groups is 2. The van der Waals surface area contributed by atoms with Crippen molar-refractivity contribution >= 4 is 22.0 Å². The van der Waals surface area contributed by atoms with E-state index in [0.717, 1.165) is 16.7 Å². The van der Waals surface area contributed by atoms with Gasteiger partial charge in [-0.25, -0.2) is 17.9 Å². The molecule has 2 atom stereocenters. The molecule has 3 aromatic rings. The Bertz CT molecular complexity index is 1560. The Hall–Kier alpha value is -3.89. The van der Waals surface area contributed by atoms with Crippen LogP contribution in [0.1, 0.15) is 82.5 Å². The van der Waals surface area contributed by atoms with Gasteiger partial charge < -0.3 is 20.3 Å². The number of amides is 2. The summed E-state index contributed by atoms with van der Waals surface area (Å²) in [5.41, 5.74) is 7.13. The number of carbonyl (C=O) groups excluding carboxylic acids is 2. The van der Waals surface area contributed by atoms with Crippen LogP contribution in [0.2, 0.25) is 0 Å². The number of ether oxygens (including phenoxy) is 2. The van der Waals surface area contributed by atoms with Gasteiger partial charge in [0.15, 0.2) is 0 Å². The Labute approximate surface area is 267 Å². The molecule has 2 amide bonds. The molecule has 0 fully saturated rings. The van der Waals surface area contributed by atoms with E-state index in [1.807, 2.05) is 89.2 Å². The largest absolute Gasteiger partial charge is 0.490 e. The lowest BCUT2D eigenvalue weighted by Crippen LogP contribution is -2.51. The maximum atomic E-state index is 13.0. The van der Waals surface area contributed by atoms with Crippen molar-refractivity contribution in [2.75, 3.05) is 5.75 Å². The molecule has 0 bridgehead atoms. The molecule has 0 heterocycles. The van der Waals surface area contributed by atoms with E-state index >= 15 is 0 Å². The van der Waals surface area contributed by atoms with Gasteiger partial charge in [0.1, 0.15) is 11.4 Å². The van der Waals surface area contributed by atoms with Crippen LogP contribution in [0, 0.1) is 11.3 Å². The maximum absolute atomic E-state index is 13.0. The summed E-state index contributed by atoms with van der Waals surface area (Å²) in [4.78, 5) is 25.1. The number of sulfonamides is 1. The van der Waals surface area contributed by atoms with E-state index < -0.39 is 39.1 Å². The third kappa shape index (κ3) is 9.80. The molecule has 10 heteroatoms. The molecule has 3 rings (SSSR count). The number of hydrogen-bond acceptors (Lipinski definition) is 7. The lowest BCUT2D eigenvalue weighted by atomic mass is 9.69. The predicted octanol–water partition coefficient (Wildman–Crippen LogP) is 6.40. The second-order valence-corrected chi connectivity index (χ2v) is 14.9. The van der Waals surface area contributed by atoms with Crippen LogP contribution in [0.4, 0.5) is 4.79 Å². The van der Waals surface area contributed by atoms with Crippen LogP contribution in [0.25, 0.3) is 11.1 Å². The standard InChI is InChI=1S/C35H46N2O7S/c1-23(2)22-45(41,42)37-32(39)29-18-17-28(19-31(29)43-24(3)4)26-15-13-25(14-16-26)20-35(34(5,6)7,44-33(36)40)21-30(38)27-11-9-8-10-12-27/h8-19,23-24,30,38H,20-22H2,1-7H3,(H2,36,40)(H,37,39)/t30-,35?/m1/s1. The van der Waals surface area contributed by atoms with Gasteiger partial charge in [-0.1, -0.05) is 95.3 Å². The molecule has 0 aliphatic carbocycles. The number of aliphatic hydroxyl groups excluding tert-OH is 1. The second kappa shape index (κ2) is 14.5. The number of nitrogens with two attached hydrogens (primary N) is 1. The highest BCUT2D eigenvalue weighted by molar-refractivity contribution is 7.90. The first-order valence-corrected chi connectivity index (χ1v) is 16.7. The Morgan fingerprint density at radius 2 is 1.51 bits per heavy atom. The summed E-state index contributed by atoms with van der Waals surface area (Å²) in [6, 6.07) is 21.8. The van der Waals surface area contributed by atoms with Gasteiger partial charge in [-0.05, 0) is 54.2 Å². The maximum Gasteiger partial charge on any atom is 0.405 e. The highest BCUT2D eigenvalue weighted by atomic mass is 32.2. The number of primary amides is 1. The van der Waals surface area contributed by atoms with Crippen molar-refractivity contribution in [1.82, 2.24) is 4.72 Å². The van der Waals surface area contributed by atoms with Gasteiger partial charge in [-0.2, -0.15) is 0 Å². The molecule has 0 aliphatic heterocycles. The van der Waals surface area contributed by atoms with Gasteiger partial charge in [0.2, 0.25) is 10.0 Å². The lowest BCUT2D eigenvalue weighted by molar-refractivity contribution is -0.0931. The van der Waals surface area contributed by atoms with Crippen LogP contribution in [0.5, 0.6) is 5.75 Å². The highest BCUT2D eigenvalue weighted by Gasteiger charge is 2.47. The summed E-state index contributed by atoms with van der Waals surface area (Å²) < 4.78 is 38.7. The number of hydrogen-bond donors (Lipinski definition) is 3. The molecule has 0 spiro atoms. The predicted molar refractivity (Wildman–Crippen MR) is 176 cm³/mol. The summed E-state index contributed by atoms with van der Waals surface area (Å²) in [7, 11) is -3.81. The van der Waals surface area contributed by atoms with Crippen LogP contribution in [0.15, 0.2) is 72.8 Å². The van der Waals surface area contributed by atoms with E-state index in [1.165, 1.54) is 0 Å². The van der Waals surface area contributed by atoms with E-state index in [4.69, 9.17) is 15.2 Å². The van der Waals surface area contributed by atoms with Gasteiger partial charge in [-0.3, -0.25) is 4.79 Å². The van der Waals surface area contributed by atoms with Crippen molar-refractivity contribution in [3.05, 3.63) is 89.5 Å². The van der Waals surface area contributed by atoms with Crippen LogP contribution in [-0.2, 0) is 21.2 Å². The van der Waals surface area contributed by atoms with E-state index in [9.17, 15) is 23.1 Å². The van der Waals surface area contributed by atoms with Crippen LogP contribution < -0.4 is 15.2 Å². The third-order valence-corrected chi connectivity index (χ3v) is 9.14. The fraction of sp³-hybridized carbons (Fsp3) is 0.429. The van der Waals surface area contributed by atoms with Gasteiger partial charge in [0, 0.05) is 18.3 Å². The first-order chi connectivity index (χ1) is 20.9. The summed E-state index contributed by atoms with van der Waals surface area (Å²) in [6.45, 7) is 13.0. The van der Waals surface area contributed by atoms with Crippen molar-refractivity contribution < 1.29 is 32.6 Å². The lowest BCUT2D eigenvalue weighted by Gasteiger charge is -2.45. The van der Waals surface area contributed by atoms with Gasteiger partial charge in [-0.15, -0.1) is 0 Å². The first-order valence-electron chi connectivity index (χ1n) is 15.1. The van der Waals surface area contributed by atoms with E-state index in [0.29, 0.717) is 12.0 Å². The molecule has 1 unspecified atom stereocenters. The fourth-order valence-corrected chi connectivity index (χ4v) is 6.59. The SMILES string of the molecule is CC(C)CS(=O)(=O)NC(=O)c1ccc(-c2ccc(CC(C[C@@H](O)c3ccccc3)(OC(N)=O)C(C)(C)C)cc2)cc1OC(C)C. The number of aliphatic hydroxyl groups is 1. The Morgan fingerprint density at radius 1 is 0.911 bits per heavy atom. The molecule has 3 aromatic carbocycles. The molecule has 45 heavy (non-hydrogen) atoms. The van der Waals surface area contributed by atoms with E-state index in [2.05, 4.69) is 4.72 Å². The van der Waals surface area contributed by atoms with Crippen molar-refractivity contribution in [1.29, 1.82) is 0 Å². The molecule has 0 saturated carbocycles. The van der Waals surface area contributed by atoms with E-state index in [1.54, 1.807) is 32.0 Å². The monoisotopic (exact) mass is 638 g/mol. The fourth-order valence-electron chi connectivity index (χ4n) is 5.23. The zero-order chi connectivity index (χ0) is 33.6. The van der Waals surface area contributed by atoms with Gasteiger partial charge >= 0.3 is 6.09 Å². The minimum absolute atomic E-state index is 0.118. The smallest absolute Gasteiger partial charge is 0.405 e. The molecule has 244 valence electrons. The first kappa shape index (κ1) is 35.6. The minimum Gasteiger partial charge on any atom is -0.490 e. The summed E-state index contributed by atoms with van der Waals surface area (Å²) in [5, 5.41) is 11.1. The molecular weight excluding hydrogens is 592 g/mol. The van der Waals surface area contributed by atoms with Crippen LogP contribution in [0.3, 0.4) is 0 Å². The zero-order valence-corrected chi connectivity index (χ0v) is 28.0. The molecule has 4 N–H and O–H groups in total. The quantitative estimate of drug-likeness (QED) is 0.196. The molecular formula is C35H46N2O7S. The molecule has 0 radical (unpaired) electrons. The normalized spacial score (nSPS) is 14.1. The van der Waals surface area contributed by atoms with Gasteiger partial charge in [0.25, 0.3) is 5.91 Å². The summed E-state index contributed by atoms with van der Waals surface area (Å²) >= 11 is 0. The van der Waals surface area contributed by atoms with Crippen LogP contribution >= 0.6 is 0 Å². The Balaban J connectivity index is 1.94. The summed E-state index contributed by atoms with van der Waals surface area (Å²) in [5.74, 6) is -0.800. The van der Waals surface area contributed by atoms with Crippen molar-refractivity contribution in [2.24, 2.45) is 17.1 Å². The molecule has 0 aliphatic rings. The zero-order valence-electron chi connectivity index (χ0n) is 27.2. The van der Waals surface area contributed by atoms with Crippen molar-refractivity contribution in [3.63, 3.8) is 0 Å². The number of nitrogens with one attached hydrogen (secondary N) is 1. The third-order valence-electron chi connectivity index (χ3n) is 7.54. The van der Waals surface area contributed by atoms with Crippen LogP contribution in [-0.4, -0.2) is 43.0 Å². The summed E-state index contributed by atoms with van der Waals surface area (Å²) in [6.07, 6.45) is -1.63. The molecule has 0 aromatic heterocycles. The number of benzene rings is 3. The van der Waals surface area contributed by atoms with Crippen molar-refractivity contribution in [3.8, 4) is 16.9 Å². The Morgan fingerprint density at radius 3 is 2.04 bits per heavy atom. The molecule has 9 nitrogen and oxygen atoms in total. The average Bonchev–Trinajstić information content (AvgIpc) is 2.91. The Kier molecular flexibility index (Phi) is 11.4. The average molecular weight is 639 g/mol. The second-order valence-electron chi connectivity index (χ2n) is 13.2.